The maximum Gasteiger partial charge on any atom is 0.262 e. The number of aliphatic hydroxyl groups is 1. The number of rotatable bonds is 4. The van der Waals surface area contributed by atoms with Gasteiger partial charge in [-0.1, -0.05) is 12.1 Å². The molecule has 7 nitrogen and oxygen atoms in total. The van der Waals surface area contributed by atoms with Gasteiger partial charge in [-0.15, -0.1) is 10.2 Å². The van der Waals surface area contributed by atoms with Crippen LogP contribution < -0.4 is 5.56 Å². The number of likely N-dealkylation sites (N-methyl/N-ethyl adjacent to an activating group) is 1. The zero-order valence-corrected chi connectivity index (χ0v) is 12.0. The first kappa shape index (κ1) is 13.7. The minimum absolute atomic E-state index is 0.0826. The second-order valence-corrected chi connectivity index (χ2v) is 5.09. The van der Waals surface area contributed by atoms with E-state index in [1.165, 1.54) is 4.57 Å². The molecular formula is C14H17N5O2. The van der Waals surface area contributed by atoms with Gasteiger partial charge in [0.2, 0.25) is 5.78 Å². The quantitative estimate of drug-likeness (QED) is 0.731. The highest BCUT2D eigenvalue weighted by atomic mass is 16.3. The van der Waals surface area contributed by atoms with Crippen molar-refractivity contribution in [3.8, 4) is 0 Å². The Balaban J connectivity index is 2.27. The number of para-hydroxylation sites is 1. The molecule has 0 aliphatic heterocycles. The van der Waals surface area contributed by atoms with Crippen molar-refractivity contribution in [2.45, 2.75) is 6.54 Å². The SMILES string of the molecule is CN(CCO)Cc1nnc2n(C)c(=O)c3ccccc3n12. The van der Waals surface area contributed by atoms with Gasteiger partial charge in [0.15, 0.2) is 5.82 Å². The molecule has 0 amide bonds. The van der Waals surface area contributed by atoms with Gasteiger partial charge in [-0.3, -0.25) is 18.7 Å². The molecule has 7 heteroatoms. The summed E-state index contributed by atoms with van der Waals surface area (Å²) < 4.78 is 3.40. The average molecular weight is 287 g/mol. The first-order valence-electron chi connectivity index (χ1n) is 6.74. The summed E-state index contributed by atoms with van der Waals surface area (Å²) in [5, 5.41) is 18.0. The largest absolute Gasteiger partial charge is 0.395 e. The van der Waals surface area contributed by atoms with Crippen molar-refractivity contribution in [1.29, 1.82) is 0 Å². The summed E-state index contributed by atoms with van der Waals surface area (Å²) in [5.41, 5.74) is 0.716. The second kappa shape index (κ2) is 5.27. The monoisotopic (exact) mass is 287 g/mol. The standard InChI is InChI=1S/C14H17N5O2/c1-17(7-8-20)9-12-15-16-14-18(2)13(21)10-5-3-4-6-11(10)19(12)14/h3-6,20H,7-9H2,1-2H3. The molecule has 0 fully saturated rings. The minimum atomic E-state index is -0.0826. The van der Waals surface area contributed by atoms with Crippen LogP contribution in [0.2, 0.25) is 0 Å². The molecule has 1 N–H and O–H groups in total. The van der Waals surface area contributed by atoms with Gasteiger partial charge in [-0.25, -0.2) is 0 Å². The summed E-state index contributed by atoms with van der Waals surface area (Å²) in [7, 11) is 3.60. The van der Waals surface area contributed by atoms with E-state index in [-0.39, 0.29) is 12.2 Å². The summed E-state index contributed by atoms with van der Waals surface area (Å²) in [6, 6.07) is 7.43. The van der Waals surface area contributed by atoms with E-state index >= 15 is 0 Å². The third-order valence-electron chi connectivity index (χ3n) is 3.59. The van der Waals surface area contributed by atoms with E-state index in [0.717, 1.165) is 11.3 Å². The predicted molar refractivity (Wildman–Crippen MR) is 79.2 cm³/mol. The first-order valence-corrected chi connectivity index (χ1v) is 6.74. The molecule has 0 bridgehead atoms. The van der Waals surface area contributed by atoms with E-state index in [9.17, 15) is 4.79 Å². The molecule has 0 saturated heterocycles. The third kappa shape index (κ3) is 2.20. The van der Waals surface area contributed by atoms with Crippen molar-refractivity contribution < 1.29 is 5.11 Å². The molecule has 0 aliphatic rings. The lowest BCUT2D eigenvalue weighted by Gasteiger charge is -2.14. The maximum atomic E-state index is 12.3. The van der Waals surface area contributed by atoms with Crippen LogP contribution in [0, 0.1) is 0 Å². The van der Waals surface area contributed by atoms with Crippen molar-refractivity contribution >= 4 is 16.7 Å². The van der Waals surface area contributed by atoms with E-state index in [4.69, 9.17) is 5.11 Å². The van der Waals surface area contributed by atoms with Crippen molar-refractivity contribution in [2.75, 3.05) is 20.2 Å². The molecule has 0 unspecified atom stereocenters. The third-order valence-corrected chi connectivity index (χ3v) is 3.59. The van der Waals surface area contributed by atoms with Crippen LogP contribution in [0.4, 0.5) is 0 Å². The normalized spacial score (nSPS) is 11.8. The van der Waals surface area contributed by atoms with E-state index in [0.29, 0.717) is 24.3 Å². The van der Waals surface area contributed by atoms with Crippen LogP contribution in [0.1, 0.15) is 5.82 Å². The van der Waals surface area contributed by atoms with Crippen LogP contribution in [-0.2, 0) is 13.6 Å². The second-order valence-electron chi connectivity index (χ2n) is 5.09. The summed E-state index contributed by atoms with van der Waals surface area (Å²) in [4.78, 5) is 14.3. The Hall–Kier alpha value is -2.25. The van der Waals surface area contributed by atoms with Crippen LogP contribution in [0.3, 0.4) is 0 Å². The molecule has 1 aromatic carbocycles. The minimum Gasteiger partial charge on any atom is -0.395 e. The van der Waals surface area contributed by atoms with Crippen molar-refractivity contribution in [3.05, 3.63) is 40.4 Å². The molecule has 0 atom stereocenters. The molecular weight excluding hydrogens is 270 g/mol. The average Bonchev–Trinajstić information content (AvgIpc) is 2.89. The van der Waals surface area contributed by atoms with Crippen molar-refractivity contribution in [3.63, 3.8) is 0 Å². The van der Waals surface area contributed by atoms with Gasteiger partial charge < -0.3 is 5.11 Å². The van der Waals surface area contributed by atoms with Crippen LogP contribution in [0.25, 0.3) is 16.7 Å². The zero-order chi connectivity index (χ0) is 15.0. The molecule has 3 aromatic rings. The maximum absolute atomic E-state index is 12.3. The summed E-state index contributed by atoms with van der Waals surface area (Å²) in [5.74, 6) is 1.26. The Morgan fingerprint density at radius 2 is 2.05 bits per heavy atom. The molecule has 2 aromatic heterocycles. The number of aryl methyl sites for hydroxylation is 1. The summed E-state index contributed by atoms with van der Waals surface area (Å²) in [6.45, 7) is 1.19. The summed E-state index contributed by atoms with van der Waals surface area (Å²) in [6.07, 6.45) is 0. The topological polar surface area (TPSA) is 75.7 Å². The van der Waals surface area contributed by atoms with Gasteiger partial charge in [-0.2, -0.15) is 0 Å². The molecule has 3 rings (SSSR count). The fourth-order valence-corrected chi connectivity index (χ4v) is 2.49. The van der Waals surface area contributed by atoms with Crippen LogP contribution in [0.5, 0.6) is 0 Å². The Bertz CT molecular complexity index is 852. The first-order chi connectivity index (χ1) is 10.1. The highest BCUT2D eigenvalue weighted by molar-refractivity contribution is 5.80. The van der Waals surface area contributed by atoms with Crippen LogP contribution >= 0.6 is 0 Å². The van der Waals surface area contributed by atoms with Crippen LogP contribution in [-0.4, -0.2) is 49.4 Å². The van der Waals surface area contributed by atoms with Crippen LogP contribution in [0.15, 0.2) is 29.1 Å². The Labute approximate surface area is 121 Å². The molecule has 0 saturated carbocycles. The van der Waals surface area contributed by atoms with Gasteiger partial charge in [0.25, 0.3) is 5.56 Å². The Morgan fingerprint density at radius 3 is 2.81 bits per heavy atom. The molecule has 2 heterocycles. The lowest BCUT2D eigenvalue weighted by molar-refractivity contribution is 0.214. The van der Waals surface area contributed by atoms with Gasteiger partial charge in [0.1, 0.15) is 0 Å². The number of benzene rings is 1. The Kier molecular flexibility index (Phi) is 3.44. The highest BCUT2D eigenvalue weighted by Gasteiger charge is 2.15. The number of nitrogens with zero attached hydrogens (tertiary/aromatic N) is 5. The number of hydrogen-bond donors (Lipinski definition) is 1. The van der Waals surface area contributed by atoms with Gasteiger partial charge in [0, 0.05) is 13.6 Å². The van der Waals surface area contributed by atoms with Gasteiger partial charge in [-0.05, 0) is 19.2 Å². The molecule has 0 radical (unpaired) electrons. The number of aromatic nitrogens is 4. The smallest absolute Gasteiger partial charge is 0.262 e. The van der Waals surface area contributed by atoms with Crippen molar-refractivity contribution in [2.24, 2.45) is 7.05 Å². The van der Waals surface area contributed by atoms with Crippen molar-refractivity contribution in [1.82, 2.24) is 24.1 Å². The predicted octanol–water partition coefficient (Wildman–Crippen LogP) is 0.00530. The van der Waals surface area contributed by atoms with E-state index < -0.39 is 0 Å². The van der Waals surface area contributed by atoms with E-state index in [1.807, 2.05) is 34.5 Å². The zero-order valence-electron chi connectivity index (χ0n) is 12.0. The number of hydrogen-bond acceptors (Lipinski definition) is 5. The highest BCUT2D eigenvalue weighted by Crippen LogP contribution is 2.14. The van der Waals surface area contributed by atoms with Gasteiger partial charge in [0.05, 0.1) is 24.1 Å². The molecule has 110 valence electrons. The fraction of sp³-hybridized carbons (Fsp3) is 0.357. The summed E-state index contributed by atoms with van der Waals surface area (Å²) >= 11 is 0. The number of aliphatic hydroxyl groups excluding tert-OH is 1. The van der Waals surface area contributed by atoms with E-state index in [2.05, 4.69) is 10.2 Å². The molecule has 0 aliphatic carbocycles. The molecule has 21 heavy (non-hydrogen) atoms. The lowest BCUT2D eigenvalue weighted by Crippen LogP contribution is -2.24. The number of fused-ring (bicyclic) bond motifs is 3. The molecule has 0 spiro atoms. The fourth-order valence-electron chi connectivity index (χ4n) is 2.49. The van der Waals surface area contributed by atoms with Gasteiger partial charge >= 0.3 is 0 Å². The lowest BCUT2D eigenvalue weighted by atomic mass is 10.2. The Morgan fingerprint density at radius 1 is 1.29 bits per heavy atom. The van der Waals surface area contributed by atoms with E-state index in [1.54, 1.807) is 13.1 Å².